The van der Waals surface area contributed by atoms with E-state index in [1.165, 1.54) is 12.4 Å². The van der Waals surface area contributed by atoms with Crippen LogP contribution in [-0.2, 0) is 11.2 Å². The van der Waals surface area contributed by atoms with Gasteiger partial charge in [-0.3, -0.25) is 19.4 Å². The molecule has 0 aliphatic heterocycles. The molecule has 5 N–H and O–H groups in total. The van der Waals surface area contributed by atoms with Crippen LogP contribution in [0.1, 0.15) is 92.0 Å². The van der Waals surface area contributed by atoms with Gasteiger partial charge >= 0.3 is 0 Å². The predicted molar refractivity (Wildman–Crippen MR) is 193 cm³/mol. The number of hydrogen-bond acceptors (Lipinski definition) is 7. The van der Waals surface area contributed by atoms with Crippen LogP contribution in [-0.4, -0.2) is 74.3 Å². The molecule has 0 saturated carbocycles. The predicted octanol–water partition coefficient (Wildman–Crippen LogP) is 5.60. The fourth-order valence-electron chi connectivity index (χ4n) is 5.70. The Morgan fingerprint density at radius 2 is 1.38 bits per heavy atom. The molecule has 2 aromatic carbocycles. The number of carbonyl (C=O) groups is 3. The van der Waals surface area contributed by atoms with Crippen molar-refractivity contribution in [2.45, 2.75) is 108 Å². The third kappa shape index (κ3) is 13.1. The fourth-order valence-corrected chi connectivity index (χ4v) is 7.21. The molecule has 3 aromatic rings. The lowest BCUT2D eigenvalue weighted by atomic mass is 9.91. The van der Waals surface area contributed by atoms with Crippen molar-refractivity contribution in [3.8, 4) is 0 Å². The summed E-state index contributed by atoms with van der Waals surface area (Å²) in [5.74, 6) is -3.08. The van der Waals surface area contributed by atoms with E-state index in [0.717, 1.165) is 44.2 Å². The summed E-state index contributed by atoms with van der Waals surface area (Å²) in [6.45, 7) is 6.12. The minimum Gasteiger partial charge on any atom is -0.388 e. The van der Waals surface area contributed by atoms with Gasteiger partial charge in [-0.1, -0.05) is 64.7 Å². The molecule has 3 amide bonds. The zero-order valence-corrected chi connectivity index (χ0v) is 29.8. The Bertz CT molecular complexity index is 1460. The number of aliphatic hydroxyl groups is 2. The number of carbonyl (C=O) groups excluding carboxylic acids is 3. The number of thioether (sulfide) groups is 1. The summed E-state index contributed by atoms with van der Waals surface area (Å²) in [6, 6.07) is 11.3. The van der Waals surface area contributed by atoms with Gasteiger partial charge in [0.15, 0.2) is 0 Å². The van der Waals surface area contributed by atoms with Crippen molar-refractivity contribution in [1.29, 1.82) is 0 Å². The quantitative estimate of drug-likeness (QED) is 0.0969. The molecule has 1 aromatic heterocycles. The van der Waals surface area contributed by atoms with E-state index in [4.69, 9.17) is 0 Å². The van der Waals surface area contributed by atoms with E-state index < -0.39 is 59.7 Å². The number of aromatic nitrogens is 1. The third-order valence-electron chi connectivity index (χ3n) is 8.37. The van der Waals surface area contributed by atoms with Crippen LogP contribution < -0.4 is 16.0 Å². The zero-order valence-electron chi connectivity index (χ0n) is 29.0. The number of aliphatic hydroxyl groups excluding tert-OH is 2. The molecule has 0 aliphatic carbocycles. The Labute approximate surface area is 298 Å². The Morgan fingerprint density at radius 1 is 0.760 bits per heavy atom. The fraction of sp³-hybridized carbons (Fsp3) is 0.474. The number of rotatable bonds is 21. The number of amides is 3. The zero-order chi connectivity index (χ0) is 36.5. The largest absolute Gasteiger partial charge is 0.388 e. The second kappa shape index (κ2) is 21.4. The van der Waals surface area contributed by atoms with E-state index in [1.807, 2.05) is 6.92 Å². The van der Waals surface area contributed by atoms with Crippen LogP contribution in [0.5, 0.6) is 0 Å². The number of nitrogens with one attached hydrogen (secondary N) is 3. The molecule has 12 heteroatoms. The van der Waals surface area contributed by atoms with Gasteiger partial charge in [0.05, 0.1) is 17.6 Å². The molecule has 5 unspecified atom stereocenters. The normalized spacial score (nSPS) is 14.3. The summed E-state index contributed by atoms with van der Waals surface area (Å²) in [5.41, 5.74) is 0.753. The van der Waals surface area contributed by atoms with Gasteiger partial charge in [0, 0.05) is 35.0 Å². The molecule has 5 atom stereocenters. The highest BCUT2D eigenvalue weighted by Crippen LogP contribution is 2.23. The highest BCUT2D eigenvalue weighted by atomic mass is 32.2. The van der Waals surface area contributed by atoms with Crippen LogP contribution in [0.15, 0.2) is 73.1 Å². The molecular formula is C38H50F2N4O5S. The van der Waals surface area contributed by atoms with E-state index in [2.05, 4.69) is 34.8 Å². The molecule has 272 valence electrons. The number of pyridine rings is 1. The van der Waals surface area contributed by atoms with Gasteiger partial charge in [0.25, 0.3) is 11.8 Å². The van der Waals surface area contributed by atoms with Crippen molar-refractivity contribution >= 4 is 29.5 Å². The molecule has 0 fully saturated rings. The minimum absolute atomic E-state index is 0.133. The number of hydrogen-bond donors (Lipinski definition) is 5. The monoisotopic (exact) mass is 712 g/mol. The summed E-state index contributed by atoms with van der Waals surface area (Å²) in [6.07, 6.45) is 4.84. The van der Waals surface area contributed by atoms with Crippen molar-refractivity contribution in [3.05, 3.63) is 101 Å². The lowest BCUT2D eigenvalue weighted by Crippen LogP contribution is -2.59. The molecule has 0 spiro atoms. The summed E-state index contributed by atoms with van der Waals surface area (Å²) < 4.78 is 28.5. The third-order valence-corrected chi connectivity index (χ3v) is 9.84. The minimum atomic E-state index is -1.68. The van der Waals surface area contributed by atoms with Crippen molar-refractivity contribution in [2.24, 2.45) is 0 Å². The van der Waals surface area contributed by atoms with Crippen molar-refractivity contribution < 1.29 is 33.4 Å². The average Bonchev–Trinajstić information content (AvgIpc) is 3.11. The van der Waals surface area contributed by atoms with Crippen molar-refractivity contribution in [2.75, 3.05) is 5.75 Å². The smallest absolute Gasteiger partial charge is 0.253 e. The van der Waals surface area contributed by atoms with Gasteiger partial charge < -0.3 is 26.2 Å². The molecule has 9 nitrogen and oxygen atoms in total. The summed E-state index contributed by atoms with van der Waals surface area (Å²) in [7, 11) is 0. The number of halogens is 2. The van der Waals surface area contributed by atoms with Crippen LogP contribution >= 0.6 is 11.8 Å². The van der Waals surface area contributed by atoms with E-state index >= 15 is 0 Å². The summed E-state index contributed by atoms with van der Waals surface area (Å²) in [4.78, 5) is 44.3. The van der Waals surface area contributed by atoms with Crippen molar-refractivity contribution in [3.63, 3.8) is 0 Å². The number of benzene rings is 2. The second-order valence-electron chi connectivity index (χ2n) is 12.5. The van der Waals surface area contributed by atoms with E-state index in [-0.39, 0.29) is 28.6 Å². The van der Waals surface area contributed by atoms with Gasteiger partial charge in [-0.25, -0.2) is 8.78 Å². The van der Waals surface area contributed by atoms with Crippen LogP contribution in [0.4, 0.5) is 8.78 Å². The topological polar surface area (TPSA) is 141 Å². The van der Waals surface area contributed by atoms with Gasteiger partial charge in [0.2, 0.25) is 5.91 Å². The molecule has 50 heavy (non-hydrogen) atoms. The first-order chi connectivity index (χ1) is 24.1. The van der Waals surface area contributed by atoms with Gasteiger partial charge in [-0.2, -0.15) is 11.8 Å². The van der Waals surface area contributed by atoms with Crippen LogP contribution in [0.3, 0.4) is 0 Å². The second-order valence-corrected chi connectivity index (χ2v) is 13.8. The molecule has 0 bridgehead atoms. The molecule has 0 radical (unpaired) electrons. The highest BCUT2D eigenvalue weighted by molar-refractivity contribution is 8.00. The maximum Gasteiger partial charge on any atom is 0.253 e. The molecule has 0 aliphatic rings. The van der Waals surface area contributed by atoms with Crippen LogP contribution in [0.25, 0.3) is 0 Å². The van der Waals surface area contributed by atoms with E-state index in [9.17, 15) is 33.4 Å². The maximum absolute atomic E-state index is 14.3. The summed E-state index contributed by atoms with van der Waals surface area (Å²) >= 11 is 1.56. The van der Waals surface area contributed by atoms with Gasteiger partial charge in [0.1, 0.15) is 29.9 Å². The van der Waals surface area contributed by atoms with Gasteiger partial charge in [-0.15, -0.1) is 0 Å². The molecule has 0 saturated heterocycles. The lowest BCUT2D eigenvalue weighted by molar-refractivity contribution is -0.125. The average molecular weight is 713 g/mol. The number of nitrogens with zero attached hydrogens (tertiary/aromatic N) is 1. The van der Waals surface area contributed by atoms with Crippen LogP contribution in [0, 0.1) is 11.6 Å². The Hall–Kier alpha value is -3.87. The maximum atomic E-state index is 14.3. The molecular weight excluding hydrogens is 663 g/mol. The lowest BCUT2D eigenvalue weighted by Gasteiger charge is -2.34. The Kier molecular flexibility index (Phi) is 17.3. The Balaban J connectivity index is 1.93. The standard InChI is InChI=1S/C38H50F2N4O5S/c1-4-7-17-31(42-36(47)26-14-9-8-10-15-26)34(45)35(46)32(21-25-19-28(39)22-29(40)20-25)43-38(49)33(24-50-30(12-5-2)13-6-3)44-37(48)27-16-11-18-41-23-27/h8-11,14-16,18-20,22-23,30-35,45-46H,4-7,12-13,17,21,24H2,1-3H3,(H,42,47)(H,43,49)(H,44,48). The molecule has 3 rings (SSSR count). The first kappa shape index (κ1) is 40.6. The van der Waals surface area contributed by atoms with Gasteiger partial charge in [-0.05, 0) is 67.6 Å². The Morgan fingerprint density at radius 3 is 1.98 bits per heavy atom. The van der Waals surface area contributed by atoms with E-state index in [0.29, 0.717) is 24.5 Å². The number of unbranched alkanes of at least 4 members (excludes halogenated alkanes) is 1. The van der Waals surface area contributed by atoms with Crippen molar-refractivity contribution in [1.82, 2.24) is 20.9 Å². The molecule has 1 heterocycles. The van der Waals surface area contributed by atoms with Crippen LogP contribution in [0.2, 0.25) is 0 Å². The first-order valence-electron chi connectivity index (χ1n) is 17.4. The highest BCUT2D eigenvalue weighted by Gasteiger charge is 2.36. The van der Waals surface area contributed by atoms with E-state index in [1.54, 1.807) is 54.2 Å². The first-order valence-corrected chi connectivity index (χ1v) is 18.4. The SMILES string of the molecule is CCCCC(NC(=O)c1ccccc1)C(O)C(O)C(Cc1cc(F)cc(F)c1)NC(=O)C(CSC(CCC)CCC)NC(=O)c1cccnc1. The summed E-state index contributed by atoms with van der Waals surface area (Å²) in [5, 5.41) is 31.9.